The molecule has 1 unspecified atom stereocenters. The summed E-state index contributed by atoms with van der Waals surface area (Å²) in [6.07, 6.45) is 5.62. The van der Waals surface area contributed by atoms with Crippen molar-refractivity contribution >= 4 is 31.9 Å². The zero-order valence-electron chi connectivity index (χ0n) is 10.7. The van der Waals surface area contributed by atoms with Crippen molar-refractivity contribution < 1.29 is 4.74 Å². The van der Waals surface area contributed by atoms with Crippen LogP contribution in [0.15, 0.2) is 28.7 Å². The van der Waals surface area contributed by atoms with E-state index in [9.17, 15) is 0 Å². The van der Waals surface area contributed by atoms with Crippen molar-refractivity contribution in [3.8, 4) is 0 Å². The summed E-state index contributed by atoms with van der Waals surface area (Å²) in [4.78, 5) is 0. The summed E-state index contributed by atoms with van der Waals surface area (Å²) in [5.41, 5.74) is 1.25. The second-order valence-electron chi connectivity index (χ2n) is 5.22. The molecule has 1 aromatic carbocycles. The van der Waals surface area contributed by atoms with E-state index < -0.39 is 0 Å². The topological polar surface area (TPSA) is 9.23 Å². The number of rotatable bonds is 4. The Labute approximate surface area is 127 Å². The molecule has 0 aromatic heterocycles. The Morgan fingerprint density at radius 1 is 1.28 bits per heavy atom. The Balaban J connectivity index is 1.97. The van der Waals surface area contributed by atoms with Crippen molar-refractivity contribution in [1.29, 1.82) is 0 Å². The molecule has 100 valence electrons. The Bertz CT molecular complexity index is 373. The molecule has 0 spiro atoms. The summed E-state index contributed by atoms with van der Waals surface area (Å²) in [5, 5.41) is 0.857. The smallest absolute Gasteiger partial charge is 0.0925 e. The highest BCUT2D eigenvalue weighted by Gasteiger charge is 2.22. The Morgan fingerprint density at radius 3 is 2.61 bits per heavy atom. The first-order chi connectivity index (χ1) is 8.69. The van der Waals surface area contributed by atoms with Crippen LogP contribution in [0.25, 0.3) is 0 Å². The van der Waals surface area contributed by atoms with Crippen LogP contribution in [0.5, 0.6) is 0 Å². The van der Waals surface area contributed by atoms with Crippen LogP contribution < -0.4 is 0 Å². The van der Waals surface area contributed by atoms with Gasteiger partial charge in [0.25, 0.3) is 0 Å². The molecule has 1 aliphatic carbocycles. The van der Waals surface area contributed by atoms with E-state index >= 15 is 0 Å². The summed E-state index contributed by atoms with van der Waals surface area (Å²) in [7, 11) is 0. The Hall–Kier alpha value is 0.140. The molecule has 0 bridgehead atoms. The van der Waals surface area contributed by atoms with Crippen molar-refractivity contribution in [3.63, 3.8) is 0 Å². The lowest BCUT2D eigenvalue weighted by Gasteiger charge is -2.29. The van der Waals surface area contributed by atoms with Crippen molar-refractivity contribution in [1.82, 2.24) is 0 Å². The van der Waals surface area contributed by atoms with Crippen molar-refractivity contribution in [3.05, 3.63) is 34.3 Å². The maximum Gasteiger partial charge on any atom is 0.0925 e. The third-order valence-electron chi connectivity index (χ3n) is 3.68. The molecule has 0 radical (unpaired) electrons. The summed E-state index contributed by atoms with van der Waals surface area (Å²) in [6, 6.07) is 8.41. The highest BCUT2D eigenvalue weighted by molar-refractivity contribution is 9.10. The van der Waals surface area contributed by atoms with Crippen molar-refractivity contribution in [2.75, 3.05) is 5.33 Å². The molecule has 3 heteroatoms. The molecule has 0 saturated heterocycles. The molecule has 1 saturated carbocycles. The van der Waals surface area contributed by atoms with E-state index in [1.54, 1.807) is 0 Å². The van der Waals surface area contributed by atoms with Crippen LogP contribution in [0.1, 0.15) is 44.3 Å². The molecule has 1 fully saturated rings. The van der Waals surface area contributed by atoms with E-state index in [4.69, 9.17) is 4.74 Å². The largest absolute Gasteiger partial charge is 0.369 e. The van der Waals surface area contributed by atoms with E-state index in [0.717, 1.165) is 15.7 Å². The first-order valence-electron chi connectivity index (χ1n) is 6.66. The quantitative estimate of drug-likeness (QED) is 0.633. The van der Waals surface area contributed by atoms with Gasteiger partial charge in [-0.2, -0.15) is 0 Å². The van der Waals surface area contributed by atoms with Crippen molar-refractivity contribution in [2.45, 2.75) is 44.8 Å². The van der Waals surface area contributed by atoms with Gasteiger partial charge < -0.3 is 4.74 Å². The summed E-state index contributed by atoms with van der Waals surface area (Å²) < 4.78 is 7.38. The van der Waals surface area contributed by atoms with Gasteiger partial charge in [-0.05, 0) is 49.3 Å². The van der Waals surface area contributed by atoms with E-state index in [-0.39, 0.29) is 6.10 Å². The van der Waals surface area contributed by atoms with Gasteiger partial charge in [0, 0.05) is 9.80 Å². The minimum atomic E-state index is 0.168. The molecule has 1 aromatic rings. The van der Waals surface area contributed by atoms with E-state index in [2.05, 4.69) is 63.0 Å². The third kappa shape index (κ3) is 4.07. The van der Waals surface area contributed by atoms with E-state index in [1.807, 2.05) is 0 Å². The van der Waals surface area contributed by atoms with Gasteiger partial charge in [-0.1, -0.05) is 50.9 Å². The Morgan fingerprint density at radius 2 is 2.00 bits per heavy atom. The van der Waals surface area contributed by atoms with Gasteiger partial charge in [-0.25, -0.2) is 0 Å². The molecular formula is C15H20Br2O. The van der Waals surface area contributed by atoms with Gasteiger partial charge in [0.1, 0.15) is 0 Å². The molecule has 1 aliphatic rings. The van der Waals surface area contributed by atoms with Gasteiger partial charge >= 0.3 is 0 Å². The normalized spacial score (nSPS) is 25.9. The molecule has 1 nitrogen and oxygen atoms in total. The fraction of sp³-hybridized carbons (Fsp3) is 0.600. The number of alkyl halides is 1. The number of halogens is 2. The molecule has 2 rings (SSSR count). The van der Waals surface area contributed by atoms with Gasteiger partial charge in [0.05, 0.1) is 12.2 Å². The predicted octanol–water partition coefficient (Wildman–Crippen LogP) is 5.48. The molecule has 0 heterocycles. The average Bonchev–Trinajstić information content (AvgIpc) is 2.38. The molecule has 18 heavy (non-hydrogen) atoms. The first kappa shape index (κ1) is 14.5. The predicted molar refractivity (Wildman–Crippen MR) is 83.2 cm³/mol. The van der Waals surface area contributed by atoms with Crippen LogP contribution >= 0.6 is 31.9 Å². The lowest BCUT2D eigenvalue weighted by molar-refractivity contribution is -0.0256. The van der Waals surface area contributed by atoms with Gasteiger partial charge in [0.2, 0.25) is 0 Å². The van der Waals surface area contributed by atoms with Crippen molar-refractivity contribution in [2.24, 2.45) is 5.92 Å². The minimum Gasteiger partial charge on any atom is -0.369 e. The lowest BCUT2D eigenvalue weighted by atomic mass is 9.89. The second-order valence-corrected chi connectivity index (χ2v) is 6.78. The number of hydrogen-bond donors (Lipinski definition) is 0. The molecule has 0 amide bonds. The van der Waals surface area contributed by atoms with Crippen LogP contribution in [-0.2, 0) is 4.74 Å². The van der Waals surface area contributed by atoms with Gasteiger partial charge in [-0.15, -0.1) is 0 Å². The molecule has 1 atom stereocenters. The first-order valence-corrected chi connectivity index (χ1v) is 8.57. The molecule has 0 aliphatic heterocycles. The summed E-state index contributed by atoms with van der Waals surface area (Å²) in [5.74, 6) is 0.873. The summed E-state index contributed by atoms with van der Waals surface area (Å²) in [6.45, 7) is 2.34. The van der Waals surface area contributed by atoms with Gasteiger partial charge in [0.15, 0.2) is 0 Å². The zero-order chi connectivity index (χ0) is 13.0. The fourth-order valence-corrected chi connectivity index (χ4v) is 3.45. The average molecular weight is 376 g/mol. The molecule has 0 N–H and O–H groups in total. The standard InChI is InChI=1S/C15H20Br2O/c1-11-5-7-14(8-6-11)18-15(10-16)12-3-2-4-13(17)9-12/h2-4,9,11,14-15H,5-8,10H2,1H3. The second kappa shape index (κ2) is 7.06. The number of ether oxygens (including phenoxy) is 1. The molecular weight excluding hydrogens is 356 g/mol. The summed E-state index contributed by atoms with van der Waals surface area (Å²) >= 11 is 7.10. The van der Waals surface area contributed by atoms with Gasteiger partial charge in [-0.3, -0.25) is 0 Å². The SMILES string of the molecule is CC1CCC(OC(CBr)c2cccc(Br)c2)CC1. The Kier molecular flexibility index (Phi) is 5.71. The van der Waals surface area contributed by atoms with Crippen LogP contribution in [-0.4, -0.2) is 11.4 Å². The number of benzene rings is 1. The third-order valence-corrected chi connectivity index (χ3v) is 4.76. The van der Waals surface area contributed by atoms with E-state index in [1.165, 1.54) is 31.2 Å². The monoisotopic (exact) mass is 374 g/mol. The van der Waals surface area contributed by atoms with Crippen LogP contribution in [0.2, 0.25) is 0 Å². The number of hydrogen-bond acceptors (Lipinski definition) is 1. The van der Waals surface area contributed by atoms with Crippen LogP contribution in [0, 0.1) is 5.92 Å². The zero-order valence-corrected chi connectivity index (χ0v) is 13.9. The van der Waals surface area contributed by atoms with Crippen LogP contribution in [0.3, 0.4) is 0 Å². The highest BCUT2D eigenvalue weighted by Crippen LogP contribution is 2.31. The highest BCUT2D eigenvalue weighted by atomic mass is 79.9. The maximum absolute atomic E-state index is 6.26. The van der Waals surface area contributed by atoms with Crippen LogP contribution in [0.4, 0.5) is 0 Å². The van der Waals surface area contributed by atoms with E-state index in [0.29, 0.717) is 6.10 Å². The maximum atomic E-state index is 6.26. The fourth-order valence-electron chi connectivity index (χ4n) is 2.51. The minimum absolute atomic E-state index is 0.168. The lowest BCUT2D eigenvalue weighted by Crippen LogP contribution is -2.23.